The van der Waals surface area contributed by atoms with E-state index < -0.39 is 12.1 Å². The molecule has 0 saturated carbocycles. The van der Waals surface area contributed by atoms with Crippen LogP contribution < -0.4 is 15.4 Å². The number of nitrogens with one attached hydrogen (secondary N) is 2. The van der Waals surface area contributed by atoms with E-state index in [1.165, 1.54) is 4.90 Å². The van der Waals surface area contributed by atoms with Gasteiger partial charge in [-0.25, -0.2) is 0 Å². The highest BCUT2D eigenvalue weighted by Gasteiger charge is 2.31. The molecule has 2 atom stereocenters. The summed E-state index contributed by atoms with van der Waals surface area (Å²) in [6.07, 6.45) is 2.20. The molecule has 2 aromatic rings. The third kappa shape index (κ3) is 7.11. The fourth-order valence-corrected chi connectivity index (χ4v) is 5.31. The molecular weight excluding hydrogens is 524 g/mol. The number of Topliss-reactive ketones (excluding diaryl/α,β-unsaturated/α-hetero) is 1. The van der Waals surface area contributed by atoms with E-state index in [0.29, 0.717) is 62.2 Å². The first-order valence-corrected chi connectivity index (χ1v) is 14.1. The van der Waals surface area contributed by atoms with Crippen molar-refractivity contribution in [1.82, 2.24) is 20.4 Å². The molecule has 41 heavy (non-hydrogen) atoms. The van der Waals surface area contributed by atoms with Crippen LogP contribution in [0.25, 0.3) is 0 Å². The van der Waals surface area contributed by atoms with Crippen molar-refractivity contribution in [3.8, 4) is 5.75 Å². The van der Waals surface area contributed by atoms with E-state index in [2.05, 4.69) is 10.6 Å². The van der Waals surface area contributed by atoms with Gasteiger partial charge in [-0.05, 0) is 55.5 Å². The summed E-state index contributed by atoms with van der Waals surface area (Å²) in [4.78, 5) is 68.3. The molecule has 0 bridgehead atoms. The molecule has 0 aromatic heterocycles. The van der Waals surface area contributed by atoms with Crippen LogP contribution in [0, 0.1) is 0 Å². The van der Waals surface area contributed by atoms with E-state index in [9.17, 15) is 24.0 Å². The smallest absolute Gasteiger partial charge is 0.254 e. The highest BCUT2D eigenvalue weighted by atomic mass is 16.5. The molecule has 2 N–H and O–H groups in total. The molecule has 1 aliphatic carbocycles. The highest BCUT2D eigenvalue weighted by molar-refractivity contribution is 6.05. The fourth-order valence-electron chi connectivity index (χ4n) is 5.31. The molecule has 1 saturated heterocycles. The van der Waals surface area contributed by atoms with Crippen molar-refractivity contribution in [2.45, 2.75) is 57.5 Å². The number of methoxy groups -OCH3 is 1. The van der Waals surface area contributed by atoms with Crippen LogP contribution in [0.15, 0.2) is 42.5 Å². The third-order valence-corrected chi connectivity index (χ3v) is 7.87. The summed E-state index contributed by atoms with van der Waals surface area (Å²) < 4.78 is 5.21. The summed E-state index contributed by atoms with van der Waals surface area (Å²) in [5, 5.41) is 5.73. The molecule has 4 rings (SSSR count). The van der Waals surface area contributed by atoms with Gasteiger partial charge in [0.15, 0.2) is 5.78 Å². The van der Waals surface area contributed by atoms with Crippen LogP contribution in [0.4, 0.5) is 0 Å². The Labute approximate surface area is 240 Å². The summed E-state index contributed by atoms with van der Waals surface area (Å²) in [5.74, 6) is -0.453. The normalized spacial score (nSPS) is 21.0. The van der Waals surface area contributed by atoms with Crippen molar-refractivity contribution in [3.05, 3.63) is 64.7 Å². The Morgan fingerprint density at radius 2 is 1.71 bits per heavy atom. The van der Waals surface area contributed by atoms with E-state index >= 15 is 0 Å². The number of carbonyl (C=O) groups excluding carboxylic acids is 5. The zero-order chi connectivity index (χ0) is 29.5. The van der Waals surface area contributed by atoms with E-state index in [-0.39, 0.29) is 42.3 Å². The van der Waals surface area contributed by atoms with E-state index in [0.717, 1.165) is 11.1 Å². The van der Waals surface area contributed by atoms with Gasteiger partial charge in [-0.2, -0.15) is 0 Å². The lowest BCUT2D eigenvalue weighted by molar-refractivity contribution is -0.141. The summed E-state index contributed by atoms with van der Waals surface area (Å²) in [5.41, 5.74) is 2.73. The maximum atomic E-state index is 13.6. The van der Waals surface area contributed by atoms with Gasteiger partial charge in [0.25, 0.3) is 5.91 Å². The Kier molecular flexibility index (Phi) is 9.75. The average Bonchev–Trinajstić information content (AvgIpc) is 3.36. The average molecular weight is 563 g/mol. The number of nitrogens with zero attached hydrogens (tertiary/aromatic N) is 2. The first-order chi connectivity index (χ1) is 19.7. The molecule has 4 amide bonds. The minimum atomic E-state index is -0.872. The Bertz CT molecular complexity index is 1310. The summed E-state index contributed by atoms with van der Waals surface area (Å²) in [7, 11) is 3.13. The molecule has 10 nitrogen and oxygen atoms in total. The minimum Gasteiger partial charge on any atom is -0.497 e. The zero-order valence-corrected chi connectivity index (χ0v) is 23.9. The number of carbonyl (C=O) groups is 5. The quantitative estimate of drug-likeness (QED) is 0.588. The Morgan fingerprint density at radius 3 is 2.44 bits per heavy atom. The zero-order valence-electron chi connectivity index (χ0n) is 23.9. The van der Waals surface area contributed by atoms with Crippen LogP contribution in [-0.2, 0) is 27.2 Å². The predicted molar refractivity (Wildman–Crippen MR) is 153 cm³/mol. The number of rotatable bonds is 4. The second kappa shape index (κ2) is 13.4. The first-order valence-electron chi connectivity index (χ1n) is 14.1. The van der Waals surface area contributed by atoms with Gasteiger partial charge in [0.2, 0.25) is 17.7 Å². The van der Waals surface area contributed by atoms with E-state index in [4.69, 9.17) is 4.74 Å². The van der Waals surface area contributed by atoms with Crippen LogP contribution in [0.1, 0.15) is 64.4 Å². The van der Waals surface area contributed by atoms with Gasteiger partial charge in [0, 0.05) is 57.1 Å². The van der Waals surface area contributed by atoms with E-state index in [1.807, 2.05) is 12.1 Å². The van der Waals surface area contributed by atoms with Gasteiger partial charge in [-0.1, -0.05) is 24.3 Å². The van der Waals surface area contributed by atoms with Gasteiger partial charge in [-0.15, -0.1) is 0 Å². The maximum Gasteiger partial charge on any atom is 0.254 e. The van der Waals surface area contributed by atoms with Gasteiger partial charge in [0.05, 0.1) is 7.11 Å². The standard InChI is InChI=1S/C31H38N4O6/c1-20-29(38)32-16-6-18-35(30(39)25-8-4-7-24-23(25)14-15-27(24)36)17-5-9-28(37)33-26(31(40)34(20)2)19-21-10-12-22(41-3)13-11-21/h4,7-8,10-13,20,26H,5-6,9,14-19H2,1-3H3,(H,32,38)(H,33,37)/t20-,26-/m0/s1. The lowest BCUT2D eigenvalue weighted by Gasteiger charge is -2.29. The molecule has 10 heteroatoms. The molecule has 1 fully saturated rings. The summed E-state index contributed by atoms with van der Waals surface area (Å²) in [6.45, 7) is 2.67. The third-order valence-electron chi connectivity index (χ3n) is 7.87. The molecule has 2 aliphatic rings. The van der Waals surface area contributed by atoms with Crippen molar-refractivity contribution < 1.29 is 28.7 Å². The SMILES string of the molecule is COc1ccc(C[C@@H]2NC(=O)CCCN(C(=O)c3cccc4c3CCC4=O)CCCNC(=O)[C@H](C)N(C)C2=O)cc1. The number of benzene rings is 2. The number of likely N-dealkylation sites (N-methyl/N-ethyl adjacent to an activating group) is 1. The highest BCUT2D eigenvalue weighted by Crippen LogP contribution is 2.26. The summed E-state index contributed by atoms with van der Waals surface area (Å²) in [6, 6.07) is 10.9. The number of hydrogen-bond acceptors (Lipinski definition) is 6. The van der Waals surface area contributed by atoms with E-state index in [1.54, 1.807) is 56.3 Å². The van der Waals surface area contributed by atoms with Crippen molar-refractivity contribution in [1.29, 1.82) is 0 Å². The van der Waals surface area contributed by atoms with Crippen molar-refractivity contribution in [2.75, 3.05) is 33.8 Å². The van der Waals surface area contributed by atoms with Gasteiger partial charge < -0.3 is 25.2 Å². The number of ketones is 1. The minimum absolute atomic E-state index is 0.0453. The topological polar surface area (TPSA) is 125 Å². The number of amides is 4. The molecule has 0 spiro atoms. The van der Waals surface area contributed by atoms with Gasteiger partial charge in [0.1, 0.15) is 17.8 Å². The van der Waals surface area contributed by atoms with Gasteiger partial charge in [-0.3, -0.25) is 24.0 Å². The first kappa shape index (κ1) is 29.8. The molecular formula is C31H38N4O6. The van der Waals surface area contributed by atoms with Gasteiger partial charge >= 0.3 is 0 Å². The Balaban J connectivity index is 1.52. The lowest BCUT2D eigenvalue weighted by atomic mass is 10.0. The fraction of sp³-hybridized carbons (Fsp3) is 0.452. The monoisotopic (exact) mass is 562 g/mol. The molecule has 2 aromatic carbocycles. The Hall–Kier alpha value is -4.21. The second-order valence-corrected chi connectivity index (χ2v) is 10.6. The molecule has 0 unspecified atom stereocenters. The Morgan fingerprint density at radius 1 is 0.976 bits per heavy atom. The molecule has 0 radical (unpaired) electrons. The second-order valence-electron chi connectivity index (χ2n) is 10.6. The molecule has 1 heterocycles. The van der Waals surface area contributed by atoms with Crippen molar-refractivity contribution in [2.24, 2.45) is 0 Å². The predicted octanol–water partition coefficient (Wildman–Crippen LogP) is 2.14. The number of hydrogen-bond donors (Lipinski definition) is 2. The summed E-state index contributed by atoms with van der Waals surface area (Å²) >= 11 is 0. The number of fused-ring (bicyclic) bond motifs is 1. The lowest BCUT2D eigenvalue weighted by Crippen LogP contribution is -2.54. The number of ether oxygens (including phenoxy) is 1. The molecule has 218 valence electrons. The van der Waals surface area contributed by atoms with Crippen molar-refractivity contribution in [3.63, 3.8) is 0 Å². The van der Waals surface area contributed by atoms with Crippen LogP contribution in [-0.4, -0.2) is 85.1 Å². The molecule has 1 aliphatic heterocycles. The van der Waals surface area contributed by atoms with Crippen LogP contribution >= 0.6 is 0 Å². The van der Waals surface area contributed by atoms with Crippen LogP contribution in [0.5, 0.6) is 5.75 Å². The van der Waals surface area contributed by atoms with Crippen LogP contribution in [0.3, 0.4) is 0 Å². The largest absolute Gasteiger partial charge is 0.497 e. The van der Waals surface area contributed by atoms with Crippen molar-refractivity contribution >= 4 is 29.4 Å². The maximum absolute atomic E-state index is 13.6. The van der Waals surface area contributed by atoms with Crippen LogP contribution in [0.2, 0.25) is 0 Å².